The fraction of sp³-hybridized carbons (Fsp3) is 0.153. The molecular formula is C59H58CuN22Na2O14S5. The van der Waals surface area contributed by atoms with Gasteiger partial charge in [-0.25, -0.2) is 36.8 Å². The number of hydrogen-bond donors (Lipinski definition) is 10. The van der Waals surface area contributed by atoms with Crippen LogP contribution >= 0.6 is 24.1 Å². The van der Waals surface area contributed by atoms with E-state index in [2.05, 4.69) is 74.6 Å². The monoisotopic (exact) mass is 1570 g/mol. The standard InChI is InChI=1S/C32H16N8.C12H17N7O8S3.C11H15N7O6S2.2C2H6.Cu.2Na/c1-2-10-18-17(9-1)25-33-26(18)38-28-21-13-5-6-14-22(21)30(35-28)40-32-24-16-8-7-15-23(24)31(36-32)39-29-20-12-4-3-11-19(20)27(34-29)37-25;1-29(21,22)15-5-4-14-11-17-10(13)18-12(19-11)16-8-6-7(30(23,24)25)2-3-9(8)28-27-26-20;12-3-4-14-10-16-9(13)17-11(18-10)15-7-5-6(26(20,21)22)1-2-8(7)25-24-23-19;2*1-2;;;/h1-16H;2-3,6,15,20H,4-5H2,1H3,(H,23,24,25)(H4,13,14,16,17,18,19);1-2,5,19H,3-4,12H2,(H,20,21,22)(H4,13,14,15,16,17,18);2*1-2H3;;;/q-2;;;;;+2;2*+1/p-2. The number of nitrogen functional groups attached to an aromatic ring is 2. The second kappa shape index (κ2) is 38.8. The Balaban J connectivity index is 0.000000240. The quantitative estimate of drug-likeness (QED) is 0.0125. The summed E-state index contributed by atoms with van der Waals surface area (Å²) in [5.74, 6) is 1.87. The average molecular weight is 1570 g/mol. The van der Waals surface area contributed by atoms with Gasteiger partial charge < -0.3 is 78.2 Å². The van der Waals surface area contributed by atoms with E-state index in [4.69, 9.17) is 62.3 Å². The third-order valence-electron chi connectivity index (χ3n) is 13.1. The Labute approximate surface area is 651 Å². The van der Waals surface area contributed by atoms with Crippen molar-refractivity contribution in [3.8, 4) is 45.6 Å². The van der Waals surface area contributed by atoms with Crippen molar-refractivity contribution in [3.63, 3.8) is 0 Å². The zero-order valence-electron chi connectivity index (χ0n) is 55.2. The van der Waals surface area contributed by atoms with Crippen molar-refractivity contribution in [2.75, 3.05) is 65.2 Å². The van der Waals surface area contributed by atoms with Crippen LogP contribution in [-0.4, -0.2) is 132 Å². The van der Waals surface area contributed by atoms with Crippen LogP contribution in [0.2, 0.25) is 0 Å². The van der Waals surface area contributed by atoms with E-state index in [-0.39, 0.29) is 146 Å². The largest absolute Gasteiger partial charge is 2.00 e. The van der Waals surface area contributed by atoms with Gasteiger partial charge in [-0.15, -0.1) is 4.33 Å². The molecule has 1 radical (unpaired) electrons. The molecule has 13 N–H and O–H groups in total. The van der Waals surface area contributed by atoms with E-state index < -0.39 is 40.1 Å². The molecule has 2 aliphatic heterocycles. The van der Waals surface area contributed by atoms with Gasteiger partial charge >= 0.3 is 76.2 Å². The van der Waals surface area contributed by atoms with Gasteiger partial charge in [-0.1, -0.05) is 130 Å². The molecule has 13 rings (SSSR count). The van der Waals surface area contributed by atoms with Crippen LogP contribution in [0.5, 0.6) is 0 Å². The van der Waals surface area contributed by atoms with Crippen molar-refractivity contribution < 1.29 is 140 Å². The van der Waals surface area contributed by atoms with Crippen molar-refractivity contribution in [2.24, 2.45) is 5.73 Å². The van der Waals surface area contributed by atoms with Crippen LogP contribution in [0.25, 0.3) is 89.7 Å². The molecule has 531 valence electrons. The maximum absolute atomic E-state index is 11.3. The van der Waals surface area contributed by atoms with E-state index >= 15 is 0 Å². The van der Waals surface area contributed by atoms with E-state index in [1.54, 1.807) is 0 Å². The zero-order valence-corrected chi connectivity index (χ0v) is 64.2. The van der Waals surface area contributed by atoms with Crippen molar-refractivity contribution in [1.29, 1.82) is 0 Å². The molecule has 0 atom stereocenters. The van der Waals surface area contributed by atoms with Gasteiger partial charge in [0.15, 0.2) is 0 Å². The second-order valence-electron chi connectivity index (χ2n) is 19.6. The number of fused-ring (bicyclic) bond motifs is 20. The maximum Gasteiger partial charge on any atom is 2.00 e. The Bertz CT molecular complexity index is 5000. The average Bonchev–Trinajstić information content (AvgIpc) is 1.61. The number of nitrogens with two attached hydrogens (primary N) is 3. The Hall–Kier alpha value is -7.83. The molecule has 0 amide bonds. The Kier molecular flexibility index (Phi) is 31.7. The maximum atomic E-state index is 11.3. The van der Waals surface area contributed by atoms with E-state index in [1.165, 1.54) is 12.1 Å². The number of hydrogen-bond acceptors (Lipinski definition) is 34. The van der Waals surface area contributed by atoms with Crippen LogP contribution in [0.3, 0.4) is 0 Å². The van der Waals surface area contributed by atoms with Crippen LogP contribution in [0.15, 0.2) is 153 Å². The molecule has 7 heterocycles. The SMILES string of the molecule is CC.CC.CS(=O)(=O)NCCNc1nc(N)nc(Nc2cc(S(=O)(=O)[O-])ccc2SOO[O-])n1.NCCNc1nc(N)nc(Nc2cc(S(=O)(=O)O)ccc2SOOO)n1.[Cu+2].[Na+].[Na+].c1ccc2c(c1)-c1nc-2nc2[n-]c(nc3nc(nc4[n-]c(n1)c1ccccc41)-c1ccccc1-3)c1ccccc21. The fourth-order valence-electron chi connectivity index (χ4n) is 9.13. The number of aromatic nitrogens is 14. The molecule has 5 aromatic heterocycles. The number of sulfonamides is 1. The van der Waals surface area contributed by atoms with Gasteiger partial charge in [-0.05, 0) is 57.9 Å². The predicted octanol–water partition coefficient (Wildman–Crippen LogP) is 0.721. The van der Waals surface area contributed by atoms with Crippen LogP contribution in [-0.2, 0) is 66.1 Å². The molecule has 44 heteroatoms. The minimum Gasteiger partial charge on any atom is -0.744 e. The summed E-state index contributed by atoms with van der Waals surface area (Å²) in [6, 6.07) is 38.5. The number of benzene rings is 6. The van der Waals surface area contributed by atoms with Crippen LogP contribution in [0.4, 0.5) is 47.1 Å². The number of anilines is 8. The summed E-state index contributed by atoms with van der Waals surface area (Å²) in [5.41, 5.74) is 22.5. The van der Waals surface area contributed by atoms with Gasteiger partial charge in [0.05, 0.1) is 84.6 Å². The third kappa shape index (κ3) is 22.1. The normalized spacial score (nSPS) is 11.1. The summed E-state index contributed by atoms with van der Waals surface area (Å²) < 4.78 is 98.6. The van der Waals surface area contributed by atoms with Crippen LogP contribution < -0.4 is 118 Å². The third-order valence-corrected chi connectivity index (χ3v) is 16.9. The summed E-state index contributed by atoms with van der Waals surface area (Å²) in [6.07, 6.45) is 1.00. The van der Waals surface area contributed by atoms with Gasteiger partial charge in [0.1, 0.15) is 10.1 Å². The molecule has 0 saturated heterocycles. The van der Waals surface area contributed by atoms with E-state index in [0.717, 1.165) is 74.3 Å². The first-order chi connectivity index (χ1) is 48.1. The topological polar surface area (TPSA) is 547 Å². The van der Waals surface area contributed by atoms with Gasteiger partial charge in [0, 0.05) is 71.0 Å². The molecule has 0 unspecified atom stereocenters. The summed E-state index contributed by atoms with van der Waals surface area (Å²) in [7, 11) is -12.6. The smallest absolute Gasteiger partial charge is 0.744 e. The first-order valence-electron chi connectivity index (χ1n) is 29.4. The molecule has 103 heavy (non-hydrogen) atoms. The minimum atomic E-state index is -4.78. The summed E-state index contributed by atoms with van der Waals surface area (Å²) in [5, 5.41) is 39.6. The van der Waals surface area contributed by atoms with Crippen LogP contribution in [0, 0.1) is 0 Å². The van der Waals surface area contributed by atoms with Gasteiger partial charge in [-0.3, -0.25) is 9.59 Å². The summed E-state index contributed by atoms with van der Waals surface area (Å²) >= 11 is 0.998. The van der Waals surface area contributed by atoms with E-state index in [0.29, 0.717) is 83.1 Å². The molecule has 6 aromatic carbocycles. The van der Waals surface area contributed by atoms with Crippen molar-refractivity contribution >= 4 is 146 Å². The molecule has 11 aromatic rings. The van der Waals surface area contributed by atoms with Gasteiger partial charge in [-0.2, -0.15) is 42.7 Å². The molecule has 0 fully saturated rings. The van der Waals surface area contributed by atoms with Gasteiger partial charge in [0.25, 0.3) is 10.1 Å². The molecule has 0 spiro atoms. The molecule has 36 nitrogen and oxygen atoms in total. The summed E-state index contributed by atoms with van der Waals surface area (Å²) in [4.78, 5) is 62.2. The molecular weight excluding hydrogens is 1510 g/mol. The minimum absolute atomic E-state index is 0. The second-order valence-corrected chi connectivity index (χ2v) is 25.7. The van der Waals surface area contributed by atoms with Gasteiger partial charge in [0.2, 0.25) is 45.7 Å². The van der Waals surface area contributed by atoms with Crippen molar-refractivity contribution in [1.82, 2.24) is 74.5 Å². The zero-order chi connectivity index (χ0) is 71.7. The molecule has 0 saturated carbocycles. The number of nitrogens with zero attached hydrogens (tertiary/aromatic N) is 14. The number of nitrogens with one attached hydrogen (secondary N) is 5. The Morgan fingerprint density at radius 3 is 1.21 bits per heavy atom. The van der Waals surface area contributed by atoms with Crippen molar-refractivity contribution in [3.05, 3.63) is 133 Å². The molecule has 2 aliphatic rings. The summed E-state index contributed by atoms with van der Waals surface area (Å²) in [6.45, 7) is 8.90. The van der Waals surface area contributed by atoms with Crippen molar-refractivity contribution in [2.45, 2.75) is 47.3 Å². The first-order valence-corrected chi connectivity index (χ1v) is 35.6. The Morgan fingerprint density at radius 2 is 0.854 bits per heavy atom. The molecule has 8 bridgehead atoms. The number of rotatable bonds is 20. The predicted molar refractivity (Wildman–Crippen MR) is 370 cm³/mol. The Morgan fingerprint density at radius 1 is 0.495 bits per heavy atom. The first kappa shape index (κ1) is 84.1. The van der Waals surface area contributed by atoms with E-state index in [9.17, 15) is 39.6 Å². The molecule has 0 aliphatic carbocycles. The van der Waals surface area contributed by atoms with Crippen LogP contribution in [0.1, 0.15) is 27.7 Å². The van der Waals surface area contributed by atoms with E-state index in [1.807, 2.05) is 125 Å². The fourth-order valence-corrected chi connectivity index (χ4v) is 11.5.